The lowest BCUT2D eigenvalue weighted by Gasteiger charge is -2.07. The maximum atomic E-state index is 13.5. The van der Waals surface area contributed by atoms with Crippen molar-refractivity contribution in [3.63, 3.8) is 0 Å². The Hall–Kier alpha value is -1.91. The maximum absolute atomic E-state index is 13.5. The second kappa shape index (κ2) is 5.98. The standard InChI is InChI=1S/C12H14FNO3/c1-8(15)9-3-4-11(10(13)7-9)14-6-5-12(16)17-2/h3-4,7,14H,5-6H2,1-2H3. The molecule has 0 fully saturated rings. The van der Waals surface area contributed by atoms with Gasteiger partial charge in [-0.25, -0.2) is 4.39 Å². The van der Waals surface area contributed by atoms with Crippen LogP contribution in [0.4, 0.5) is 10.1 Å². The Balaban J connectivity index is 2.60. The van der Waals surface area contributed by atoms with Crippen LogP contribution in [-0.2, 0) is 9.53 Å². The van der Waals surface area contributed by atoms with Gasteiger partial charge in [-0.3, -0.25) is 9.59 Å². The van der Waals surface area contributed by atoms with Crippen LogP contribution < -0.4 is 5.32 Å². The summed E-state index contributed by atoms with van der Waals surface area (Å²) in [4.78, 5) is 21.8. The van der Waals surface area contributed by atoms with Gasteiger partial charge in [-0.2, -0.15) is 0 Å². The number of carbonyl (C=O) groups is 2. The number of hydrogen-bond donors (Lipinski definition) is 1. The van der Waals surface area contributed by atoms with Gasteiger partial charge in [0.15, 0.2) is 5.78 Å². The Morgan fingerprint density at radius 3 is 2.65 bits per heavy atom. The smallest absolute Gasteiger partial charge is 0.307 e. The molecule has 0 bridgehead atoms. The van der Waals surface area contributed by atoms with E-state index in [2.05, 4.69) is 10.1 Å². The molecule has 0 aliphatic rings. The second-order valence-electron chi connectivity index (χ2n) is 3.50. The number of benzene rings is 1. The Morgan fingerprint density at radius 2 is 2.12 bits per heavy atom. The van der Waals surface area contributed by atoms with Crippen molar-refractivity contribution in [2.75, 3.05) is 19.0 Å². The maximum Gasteiger partial charge on any atom is 0.307 e. The third kappa shape index (κ3) is 3.86. The quantitative estimate of drug-likeness (QED) is 0.630. The molecule has 0 unspecified atom stereocenters. The van der Waals surface area contributed by atoms with E-state index in [1.165, 1.54) is 32.2 Å². The van der Waals surface area contributed by atoms with E-state index in [1.807, 2.05) is 0 Å². The number of hydrogen-bond acceptors (Lipinski definition) is 4. The molecule has 1 aromatic rings. The zero-order valence-corrected chi connectivity index (χ0v) is 9.75. The molecule has 0 heterocycles. The lowest BCUT2D eigenvalue weighted by molar-refractivity contribution is -0.140. The Kier molecular flexibility index (Phi) is 4.63. The van der Waals surface area contributed by atoms with Gasteiger partial charge in [-0.1, -0.05) is 0 Å². The third-order valence-electron chi connectivity index (χ3n) is 2.25. The topological polar surface area (TPSA) is 55.4 Å². The Labute approximate surface area is 98.8 Å². The van der Waals surface area contributed by atoms with Gasteiger partial charge in [-0.05, 0) is 25.1 Å². The summed E-state index contributed by atoms with van der Waals surface area (Å²) < 4.78 is 17.9. The normalized spacial score (nSPS) is 9.82. The molecule has 0 saturated carbocycles. The summed E-state index contributed by atoms with van der Waals surface area (Å²) in [7, 11) is 1.30. The molecule has 0 spiro atoms. The van der Waals surface area contributed by atoms with Crippen LogP contribution in [0.5, 0.6) is 0 Å². The molecular formula is C12H14FNO3. The molecule has 0 saturated heterocycles. The van der Waals surface area contributed by atoms with E-state index >= 15 is 0 Å². The first kappa shape index (κ1) is 13.2. The number of ketones is 1. The summed E-state index contributed by atoms with van der Waals surface area (Å²) in [5.41, 5.74) is 0.583. The predicted octanol–water partition coefficient (Wildman–Crippen LogP) is 2.00. The molecule has 5 heteroatoms. The SMILES string of the molecule is COC(=O)CCNc1ccc(C(C)=O)cc1F. The summed E-state index contributed by atoms with van der Waals surface area (Å²) in [6, 6.07) is 4.18. The minimum absolute atomic E-state index is 0.157. The first-order valence-electron chi connectivity index (χ1n) is 5.15. The van der Waals surface area contributed by atoms with Crippen LogP contribution in [0.1, 0.15) is 23.7 Å². The molecule has 1 N–H and O–H groups in total. The van der Waals surface area contributed by atoms with Crippen LogP contribution in [0, 0.1) is 5.82 Å². The molecular weight excluding hydrogens is 225 g/mol. The molecule has 92 valence electrons. The van der Waals surface area contributed by atoms with Crippen molar-refractivity contribution in [3.05, 3.63) is 29.6 Å². The van der Waals surface area contributed by atoms with Gasteiger partial charge < -0.3 is 10.1 Å². The summed E-state index contributed by atoms with van der Waals surface area (Å²) in [6.45, 7) is 1.65. The van der Waals surface area contributed by atoms with Gasteiger partial charge in [0.1, 0.15) is 5.82 Å². The highest BCUT2D eigenvalue weighted by Gasteiger charge is 2.06. The van der Waals surface area contributed by atoms with E-state index in [0.717, 1.165) is 0 Å². The van der Waals surface area contributed by atoms with Crippen LogP contribution in [0.2, 0.25) is 0 Å². The van der Waals surface area contributed by atoms with Gasteiger partial charge >= 0.3 is 5.97 Å². The van der Waals surface area contributed by atoms with Crippen LogP contribution in [0.25, 0.3) is 0 Å². The van der Waals surface area contributed by atoms with Crippen LogP contribution in [0.3, 0.4) is 0 Å². The largest absolute Gasteiger partial charge is 0.469 e. The van der Waals surface area contributed by atoms with Crippen LogP contribution >= 0.6 is 0 Å². The molecule has 0 aliphatic heterocycles. The average Bonchev–Trinajstić information content (AvgIpc) is 2.30. The number of nitrogens with one attached hydrogen (secondary N) is 1. The fraction of sp³-hybridized carbons (Fsp3) is 0.333. The molecule has 4 nitrogen and oxygen atoms in total. The highest BCUT2D eigenvalue weighted by atomic mass is 19.1. The molecule has 0 amide bonds. The van der Waals surface area contributed by atoms with E-state index in [9.17, 15) is 14.0 Å². The lowest BCUT2D eigenvalue weighted by Crippen LogP contribution is -2.10. The predicted molar refractivity (Wildman–Crippen MR) is 61.5 cm³/mol. The van der Waals surface area contributed by atoms with Crippen LogP contribution in [-0.4, -0.2) is 25.4 Å². The fourth-order valence-electron chi connectivity index (χ4n) is 1.28. The van der Waals surface area contributed by atoms with Crippen molar-refractivity contribution < 1.29 is 18.7 Å². The first-order chi connectivity index (χ1) is 8.04. The zero-order chi connectivity index (χ0) is 12.8. The van der Waals surface area contributed by atoms with Gasteiger partial charge in [0, 0.05) is 12.1 Å². The fourth-order valence-corrected chi connectivity index (χ4v) is 1.28. The summed E-state index contributed by atoms with van der Waals surface area (Å²) in [6.07, 6.45) is 0.157. The second-order valence-corrected chi connectivity index (χ2v) is 3.50. The van der Waals surface area contributed by atoms with Crippen molar-refractivity contribution in [1.82, 2.24) is 0 Å². The summed E-state index contributed by atoms with van der Waals surface area (Å²) in [5, 5.41) is 2.76. The number of halogens is 1. The van der Waals surface area contributed by atoms with Crippen LogP contribution in [0.15, 0.2) is 18.2 Å². The molecule has 0 atom stereocenters. The summed E-state index contributed by atoms with van der Waals surface area (Å²) in [5.74, 6) is -1.06. The monoisotopic (exact) mass is 239 g/mol. The first-order valence-corrected chi connectivity index (χ1v) is 5.15. The number of esters is 1. The van der Waals surface area contributed by atoms with E-state index < -0.39 is 5.82 Å². The van der Waals surface area contributed by atoms with E-state index in [-0.39, 0.29) is 30.4 Å². The number of rotatable bonds is 5. The van der Waals surface area contributed by atoms with E-state index in [1.54, 1.807) is 0 Å². The molecule has 0 aromatic heterocycles. The van der Waals surface area contributed by atoms with E-state index in [4.69, 9.17) is 0 Å². The number of ether oxygens (including phenoxy) is 1. The highest BCUT2D eigenvalue weighted by molar-refractivity contribution is 5.94. The van der Waals surface area contributed by atoms with Crippen molar-refractivity contribution in [1.29, 1.82) is 0 Å². The number of methoxy groups -OCH3 is 1. The van der Waals surface area contributed by atoms with Crippen molar-refractivity contribution in [2.45, 2.75) is 13.3 Å². The molecule has 1 aromatic carbocycles. The van der Waals surface area contributed by atoms with Gasteiger partial charge in [0.2, 0.25) is 0 Å². The summed E-state index contributed by atoms with van der Waals surface area (Å²) >= 11 is 0. The molecule has 0 aliphatic carbocycles. The Bertz CT molecular complexity index is 432. The minimum atomic E-state index is -0.512. The third-order valence-corrected chi connectivity index (χ3v) is 2.25. The lowest BCUT2D eigenvalue weighted by atomic mass is 10.1. The molecule has 0 radical (unpaired) electrons. The van der Waals surface area contributed by atoms with E-state index in [0.29, 0.717) is 5.56 Å². The Morgan fingerprint density at radius 1 is 1.41 bits per heavy atom. The zero-order valence-electron chi connectivity index (χ0n) is 9.75. The minimum Gasteiger partial charge on any atom is -0.469 e. The van der Waals surface area contributed by atoms with Crippen molar-refractivity contribution in [3.8, 4) is 0 Å². The molecule has 1 rings (SSSR count). The number of carbonyl (C=O) groups excluding carboxylic acids is 2. The van der Waals surface area contributed by atoms with Gasteiger partial charge in [-0.15, -0.1) is 0 Å². The van der Waals surface area contributed by atoms with Crippen molar-refractivity contribution >= 4 is 17.4 Å². The van der Waals surface area contributed by atoms with Gasteiger partial charge in [0.05, 0.1) is 19.2 Å². The number of Topliss-reactive ketones (excluding diaryl/α,β-unsaturated/α-hetero) is 1. The van der Waals surface area contributed by atoms with Crippen molar-refractivity contribution in [2.24, 2.45) is 0 Å². The average molecular weight is 239 g/mol. The number of anilines is 1. The molecule has 17 heavy (non-hydrogen) atoms. The highest BCUT2D eigenvalue weighted by Crippen LogP contribution is 2.16. The van der Waals surface area contributed by atoms with Gasteiger partial charge in [0.25, 0.3) is 0 Å².